The van der Waals surface area contributed by atoms with Crippen LogP contribution in [0, 0.1) is 13.8 Å². The molecule has 35 heavy (non-hydrogen) atoms. The Morgan fingerprint density at radius 2 is 1.91 bits per heavy atom. The number of hydrogen-bond acceptors (Lipinski definition) is 4. The molecule has 0 spiro atoms. The van der Waals surface area contributed by atoms with Crippen molar-refractivity contribution in [1.29, 1.82) is 0 Å². The Morgan fingerprint density at radius 3 is 2.54 bits per heavy atom. The average molecular weight is 497 g/mol. The molecule has 3 heterocycles. The van der Waals surface area contributed by atoms with Gasteiger partial charge in [-0.05, 0) is 69.5 Å². The summed E-state index contributed by atoms with van der Waals surface area (Å²) in [6.45, 7) is 10.5. The Morgan fingerprint density at radius 1 is 1.23 bits per heavy atom. The first kappa shape index (κ1) is 23.7. The molecule has 184 valence electrons. The highest BCUT2D eigenvalue weighted by molar-refractivity contribution is 6.30. The topological polar surface area (TPSA) is 81.0 Å². The Hall–Kier alpha value is -3.03. The van der Waals surface area contributed by atoms with E-state index in [1.54, 1.807) is 17.0 Å². The van der Waals surface area contributed by atoms with Gasteiger partial charge in [0.2, 0.25) is 0 Å². The third-order valence-electron chi connectivity index (χ3n) is 6.79. The number of aryl methyl sites for hydroxylation is 1. The van der Waals surface area contributed by atoms with E-state index < -0.39 is 23.8 Å². The molecule has 0 saturated carbocycles. The van der Waals surface area contributed by atoms with Crippen LogP contribution in [-0.4, -0.2) is 40.0 Å². The van der Waals surface area contributed by atoms with Crippen molar-refractivity contribution in [1.82, 2.24) is 4.57 Å². The number of cyclic esters (lactones) is 1. The van der Waals surface area contributed by atoms with E-state index in [0.29, 0.717) is 41.4 Å². The zero-order valence-electron chi connectivity index (χ0n) is 20.5. The molecule has 0 aliphatic carbocycles. The zero-order chi connectivity index (χ0) is 25.2. The van der Waals surface area contributed by atoms with Crippen molar-refractivity contribution in [3.05, 3.63) is 52.2 Å². The number of nitrogens with zero attached hydrogens (tertiary/aromatic N) is 2. The maximum atomic E-state index is 13.0. The number of ether oxygens (including phenoxy) is 2. The van der Waals surface area contributed by atoms with Crippen molar-refractivity contribution >= 4 is 40.3 Å². The van der Waals surface area contributed by atoms with Gasteiger partial charge >= 0.3 is 12.1 Å². The first-order chi connectivity index (χ1) is 16.5. The number of benzene rings is 2. The van der Waals surface area contributed by atoms with Crippen LogP contribution in [-0.2, 0) is 20.8 Å². The molecule has 5 rings (SSSR count). The van der Waals surface area contributed by atoms with E-state index in [4.69, 9.17) is 21.1 Å². The number of carbonyl (C=O) groups excluding carboxylic acids is 1. The number of halogens is 1. The molecule has 1 amide bonds. The summed E-state index contributed by atoms with van der Waals surface area (Å²) in [4.78, 5) is 27.4. The molecule has 2 aliphatic heterocycles. The van der Waals surface area contributed by atoms with Gasteiger partial charge in [-0.15, -0.1) is 0 Å². The van der Waals surface area contributed by atoms with Gasteiger partial charge in [-0.25, -0.2) is 9.59 Å². The zero-order valence-corrected chi connectivity index (χ0v) is 21.3. The summed E-state index contributed by atoms with van der Waals surface area (Å²) < 4.78 is 13.8. The number of anilines is 1. The van der Waals surface area contributed by atoms with Crippen LogP contribution in [0.3, 0.4) is 0 Å². The van der Waals surface area contributed by atoms with Crippen LogP contribution in [0.5, 0.6) is 0 Å². The predicted molar refractivity (Wildman–Crippen MR) is 135 cm³/mol. The molecule has 1 saturated heterocycles. The quantitative estimate of drug-likeness (QED) is 0.461. The molecule has 7 nitrogen and oxygen atoms in total. The average Bonchev–Trinajstić information content (AvgIpc) is 3.10. The van der Waals surface area contributed by atoms with Gasteiger partial charge in [-0.1, -0.05) is 23.7 Å². The first-order valence-electron chi connectivity index (χ1n) is 11.8. The van der Waals surface area contributed by atoms with Crippen LogP contribution in [0.1, 0.15) is 50.1 Å². The molecule has 2 atom stereocenters. The van der Waals surface area contributed by atoms with Crippen LogP contribution in [0.4, 0.5) is 10.5 Å². The lowest BCUT2D eigenvalue weighted by Gasteiger charge is -2.41. The lowest BCUT2D eigenvalue weighted by Crippen LogP contribution is -2.50. The van der Waals surface area contributed by atoms with Gasteiger partial charge in [-0.3, -0.25) is 4.90 Å². The molecular formula is C27H29ClN2O5. The standard InChI is InChI=1S/C27H29ClN2O5/c1-14-12-19-21(16-6-8-17(28)9-7-16)20(24(25(31)32)35-27(3,4)5)15(2)22-23(19)29(14)13-18-10-11-34-26(33)30(18)22/h6-9,12,18,24H,10-11,13H2,1-5H3,(H,31,32)/t18-,24+/m1/s1. The highest BCUT2D eigenvalue weighted by atomic mass is 35.5. The second-order valence-electron chi connectivity index (χ2n) is 10.3. The molecule has 2 aliphatic rings. The Balaban J connectivity index is 1.92. The van der Waals surface area contributed by atoms with Crippen molar-refractivity contribution in [2.24, 2.45) is 0 Å². The Labute approximate surface area is 209 Å². The second kappa shape index (κ2) is 8.28. The fourth-order valence-corrected chi connectivity index (χ4v) is 5.55. The third kappa shape index (κ3) is 3.87. The van der Waals surface area contributed by atoms with E-state index in [9.17, 15) is 14.7 Å². The Bertz CT molecular complexity index is 1350. The minimum Gasteiger partial charge on any atom is -0.479 e. The van der Waals surface area contributed by atoms with Gasteiger partial charge in [-0.2, -0.15) is 0 Å². The van der Waals surface area contributed by atoms with Crippen molar-refractivity contribution in [3.8, 4) is 11.1 Å². The molecule has 1 fully saturated rings. The largest absolute Gasteiger partial charge is 0.479 e. The van der Waals surface area contributed by atoms with Crippen LogP contribution >= 0.6 is 11.6 Å². The highest BCUT2D eigenvalue weighted by Crippen LogP contribution is 2.49. The van der Waals surface area contributed by atoms with Crippen LogP contribution in [0.15, 0.2) is 30.3 Å². The maximum Gasteiger partial charge on any atom is 0.414 e. The van der Waals surface area contributed by atoms with Gasteiger partial charge < -0.3 is 19.1 Å². The normalized spacial score (nSPS) is 18.4. The molecule has 0 radical (unpaired) electrons. The summed E-state index contributed by atoms with van der Waals surface area (Å²) in [7, 11) is 0. The lowest BCUT2D eigenvalue weighted by atomic mass is 9.86. The van der Waals surface area contributed by atoms with Gasteiger partial charge in [0.1, 0.15) is 0 Å². The van der Waals surface area contributed by atoms with Crippen LogP contribution in [0.2, 0.25) is 5.02 Å². The van der Waals surface area contributed by atoms with E-state index >= 15 is 0 Å². The number of carbonyl (C=O) groups is 2. The molecular weight excluding hydrogens is 468 g/mol. The number of aliphatic carboxylic acids is 1. The Kier molecular flexibility index (Phi) is 5.61. The van der Waals surface area contributed by atoms with Gasteiger partial charge in [0.05, 0.1) is 29.5 Å². The van der Waals surface area contributed by atoms with Crippen molar-refractivity contribution in [2.75, 3.05) is 11.5 Å². The van der Waals surface area contributed by atoms with E-state index in [-0.39, 0.29) is 6.04 Å². The van der Waals surface area contributed by atoms with Gasteiger partial charge in [0.25, 0.3) is 0 Å². The number of hydrogen-bond donors (Lipinski definition) is 1. The van der Waals surface area contributed by atoms with Gasteiger partial charge in [0.15, 0.2) is 6.10 Å². The van der Waals surface area contributed by atoms with Gasteiger partial charge in [0, 0.05) is 34.6 Å². The number of amides is 1. The number of fused-ring (bicyclic) bond motifs is 2. The maximum absolute atomic E-state index is 13.0. The predicted octanol–water partition coefficient (Wildman–Crippen LogP) is 6.25. The molecule has 0 bridgehead atoms. The summed E-state index contributed by atoms with van der Waals surface area (Å²) >= 11 is 6.19. The second-order valence-corrected chi connectivity index (χ2v) is 10.7. The van der Waals surface area contributed by atoms with Crippen molar-refractivity contribution < 1.29 is 24.2 Å². The minimum atomic E-state index is -1.24. The molecule has 0 unspecified atom stereocenters. The SMILES string of the molecule is Cc1c([C@H](OC(C)(C)C)C(=O)O)c(-c2ccc(Cl)cc2)c2cc(C)n3c2c1N1C(=O)OCC[C@@H]1C3. The molecule has 1 aromatic heterocycles. The summed E-state index contributed by atoms with van der Waals surface area (Å²) in [6.07, 6.45) is -0.936. The van der Waals surface area contributed by atoms with Crippen molar-refractivity contribution in [2.45, 2.75) is 65.3 Å². The lowest BCUT2D eigenvalue weighted by molar-refractivity contribution is -0.160. The summed E-state index contributed by atoms with van der Waals surface area (Å²) in [5, 5.41) is 11.8. The molecule has 3 aromatic rings. The van der Waals surface area contributed by atoms with Crippen molar-refractivity contribution in [3.63, 3.8) is 0 Å². The minimum absolute atomic E-state index is 0.0576. The van der Waals surface area contributed by atoms with Crippen LogP contribution in [0.25, 0.3) is 22.0 Å². The monoisotopic (exact) mass is 496 g/mol. The molecule has 1 N–H and O–H groups in total. The summed E-state index contributed by atoms with van der Waals surface area (Å²) in [5.41, 5.74) is 4.79. The summed E-state index contributed by atoms with van der Waals surface area (Å²) in [6, 6.07) is 9.40. The van der Waals surface area contributed by atoms with Crippen LogP contribution < -0.4 is 4.90 Å². The smallest absolute Gasteiger partial charge is 0.414 e. The third-order valence-corrected chi connectivity index (χ3v) is 7.04. The summed E-state index contributed by atoms with van der Waals surface area (Å²) in [5.74, 6) is -1.09. The fourth-order valence-electron chi connectivity index (χ4n) is 5.42. The number of carboxylic acids is 1. The molecule has 8 heteroatoms. The van der Waals surface area contributed by atoms with E-state index in [1.807, 2.05) is 46.8 Å². The number of aromatic nitrogens is 1. The number of carboxylic acid groups (broad SMARTS) is 1. The molecule has 2 aromatic carbocycles. The number of rotatable bonds is 4. The van der Waals surface area contributed by atoms with E-state index in [2.05, 4.69) is 10.6 Å². The first-order valence-corrected chi connectivity index (χ1v) is 12.1. The fraction of sp³-hybridized carbons (Fsp3) is 0.407. The highest BCUT2D eigenvalue weighted by Gasteiger charge is 2.41. The van der Waals surface area contributed by atoms with E-state index in [1.165, 1.54) is 0 Å². The van der Waals surface area contributed by atoms with E-state index in [0.717, 1.165) is 27.7 Å².